The molecule has 57 heavy (non-hydrogen) atoms. The Bertz CT molecular complexity index is 2770. The lowest BCUT2D eigenvalue weighted by molar-refractivity contribution is 0.627. The number of hydrogen-bond acceptors (Lipinski definition) is 4. The summed E-state index contributed by atoms with van der Waals surface area (Å²) in [5, 5.41) is 0. The van der Waals surface area contributed by atoms with Gasteiger partial charge < -0.3 is 0 Å². The van der Waals surface area contributed by atoms with E-state index in [4.69, 9.17) is 9.97 Å². The molecule has 0 bridgehead atoms. The lowest BCUT2D eigenvalue weighted by atomic mass is 9.61. The van der Waals surface area contributed by atoms with Crippen molar-refractivity contribution in [3.63, 3.8) is 0 Å². The zero-order chi connectivity index (χ0) is 39.6. The average Bonchev–Trinajstić information content (AvgIpc) is 3.60. The molecule has 4 nitrogen and oxygen atoms in total. The van der Waals surface area contributed by atoms with Crippen molar-refractivity contribution in [2.24, 2.45) is 5.41 Å². The van der Waals surface area contributed by atoms with Gasteiger partial charge in [0.15, 0.2) is 0 Å². The van der Waals surface area contributed by atoms with Crippen molar-refractivity contribution in [1.82, 2.24) is 19.9 Å². The Morgan fingerprint density at radius 2 is 0.947 bits per heavy atom. The smallest absolute Gasteiger partial charge is 0.0886 e. The predicted octanol–water partition coefficient (Wildman–Crippen LogP) is 13.1. The van der Waals surface area contributed by atoms with Gasteiger partial charge in [-0.25, -0.2) is 0 Å². The third kappa shape index (κ3) is 6.08. The Morgan fingerprint density at radius 3 is 1.44 bits per heavy atom. The molecule has 9 rings (SSSR count). The van der Waals surface area contributed by atoms with Crippen molar-refractivity contribution in [2.45, 2.75) is 55.4 Å². The van der Waals surface area contributed by atoms with Crippen LogP contribution in [0.15, 0.2) is 133 Å². The fraction of sp³-hybridized carbons (Fsp3) is 0.170. The molecule has 0 saturated heterocycles. The van der Waals surface area contributed by atoms with E-state index >= 15 is 0 Å². The quantitative estimate of drug-likeness (QED) is 0.170. The van der Waals surface area contributed by atoms with Gasteiger partial charge in [0.25, 0.3) is 0 Å². The maximum atomic E-state index is 5.09. The van der Waals surface area contributed by atoms with Crippen LogP contribution in [0.3, 0.4) is 0 Å². The fourth-order valence-corrected chi connectivity index (χ4v) is 9.60. The second-order valence-electron chi connectivity index (χ2n) is 16.3. The molecule has 0 spiro atoms. The Kier molecular flexibility index (Phi) is 8.81. The minimum Gasteiger partial charge on any atom is -0.255 e. The summed E-state index contributed by atoms with van der Waals surface area (Å²) in [5.41, 5.74) is 25.5. The first-order valence-corrected chi connectivity index (χ1v) is 19.8. The summed E-state index contributed by atoms with van der Waals surface area (Å²) in [6.45, 7) is 18.3. The van der Waals surface area contributed by atoms with Crippen LogP contribution < -0.4 is 0 Å². The molecule has 278 valence electrons. The van der Waals surface area contributed by atoms with Crippen LogP contribution >= 0.6 is 0 Å². The summed E-state index contributed by atoms with van der Waals surface area (Å²) in [4.78, 5) is 19.2. The summed E-state index contributed by atoms with van der Waals surface area (Å²) in [6, 6.07) is 36.7. The average molecular weight is 739 g/mol. The highest BCUT2D eigenvalue weighted by Crippen LogP contribution is 2.63. The number of allylic oxidation sites excluding steroid dienone is 5. The first kappa shape index (κ1) is 36.1. The Hall–Kier alpha value is -6.52. The van der Waals surface area contributed by atoms with Crippen LogP contribution in [0.2, 0.25) is 0 Å². The molecule has 0 aliphatic heterocycles. The zero-order valence-electron chi connectivity index (χ0n) is 34.0. The van der Waals surface area contributed by atoms with Gasteiger partial charge in [-0.05, 0) is 168 Å². The minimum absolute atomic E-state index is 0.407. The molecule has 0 N–H and O–H groups in total. The van der Waals surface area contributed by atoms with E-state index < -0.39 is 5.41 Å². The number of aryl methyl sites for hydroxylation is 6. The summed E-state index contributed by atoms with van der Waals surface area (Å²) >= 11 is 0. The van der Waals surface area contributed by atoms with Crippen molar-refractivity contribution >= 4 is 28.4 Å². The van der Waals surface area contributed by atoms with Crippen LogP contribution in [0, 0.1) is 47.0 Å². The van der Waals surface area contributed by atoms with Crippen molar-refractivity contribution in [3.8, 4) is 33.9 Å². The third-order valence-corrected chi connectivity index (χ3v) is 11.8. The van der Waals surface area contributed by atoms with E-state index in [1.54, 1.807) is 0 Å². The van der Waals surface area contributed by atoms with Gasteiger partial charge in [0.1, 0.15) is 0 Å². The van der Waals surface area contributed by atoms with Crippen molar-refractivity contribution in [2.75, 3.05) is 0 Å². The molecule has 0 radical (unpaired) electrons. The van der Waals surface area contributed by atoms with Crippen LogP contribution in [0.5, 0.6) is 0 Å². The molecule has 0 saturated carbocycles. The van der Waals surface area contributed by atoms with E-state index in [0.29, 0.717) is 0 Å². The zero-order valence-corrected chi connectivity index (χ0v) is 34.0. The van der Waals surface area contributed by atoms with E-state index in [-0.39, 0.29) is 0 Å². The van der Waals surface area contributed by atoms with Gasteiger partial charge in [-0.3, -0.25) is 19.9 Å². The number of hydrogen-bond donors (Lipinski definition) is 0. The van der Waals surface area contributed by atoms with E-state index in [1.807, 2.05) is 55.0 Å². The molecule has 3 aromatic carbocycles. The predicted molar refractivity (Wildman–Crippen MR) is 237 cm³/mol. The highest BCUT2D eigenvalue weighted by molar-refractivity contribution is 6.31. The molecule has 0 fully saturated rings. The molecule has 4 heteroatoms. The Balaban J connectivity index is 1.39. The molecule has 4 aromatic heterocycles. The molecular formula is C53H46N4. The van der Waals surface area contributed by atoms with Gasteiger partial charge in [0, 0.05) is 35.8 Å². The first-order chi connectivity index (χ1) is 27.5. The number of pyridine rings is 4. The molecule has 4 heterocycles. The molecule has 2 aliphatic rings. The second kappa shape index (κ2) is 13.9. The van der Waals surface area contributed by atoms with E-state index in [1.165, 1.54) is 89.1 Å². The van der Waals surface area contributed by atoms with E-state index in [2.05, 4.69) is 144 Å². The summed E-state index contributed by atoms with van der Waals surface area (Å²) in [5.74, 6) is 0. The number of nitrogens with zero attached hydrogens (tertiary/aromatic N) is 4. The lowest BCUT2D eigenvalue weighted by Gasteiger charge is -2.41. The second-order valence-corrected chi connectivity index (χ2v) is 16.3. The molecule has 7 aromatic rings. The lowest BCUT2D eigenvalue weighted by Crippen LogP contribution is -2.24. The van der Waals surface area contributed by atoms with Crippen LogP contribution in [0.1, 0.15) is 75.0 Å². The maximum Gasteiger partial charge on any atom is 0.0886 e. The molecule has 0 atom stereocenters. The topological polar surface area (TPSA) is 51.6 Å². The van der Waals surface area contributed by atoms with Gasteiger partial charge in [-0.15, -0.1) is 0 Å². The highest BCUT2D eigenvalue weighted by atomic mass is 14.8. The minimum atomic E-state index is -0.407. The Labute approximate surface area is 336 Å². The standard InChI is InChI=1S/C53H46N4/c1-31-24-33(3)46(34(4)25-31)50-49-41(28-37-14-13-15-40(48(37)49)38-18-20-44(56-29-38)42-16-9-11-22-54-42)53(7,8)52(51(50)47-35(5)26-32(2)27-36(47)6)39-19-21-45(57-30-39)43-17-10-12-23-55-43/h9-30H,1-8H3. The third-order valence-electron chi connectivity index (χ3n) is 11.8. The number of aromatic nitrogens is 4. The Morgan fingerprint density at radius 1 is 0.439 bits per heavy atom. The number of fused-ring (bicyclic) bond motifs is 3. The first-order valence-electron chi connectivity index (χ1n) is 19.8. The number of rotatable bonds is 6. The van der Waals surface area contributed by atoms with Crippen LogP contribution in [0.25, 0.3) is 62.3 Å². The number of benzene rings is 3. The largest absolute Gasteiger partial charge is 0.255 e. The van der Waals surface area contributed by atoms with Crippen LogP contribution in [-0.4, -0.2) is 19.9 Å². The van der Waals surface area contributed by atoms with Crippen molar-refractivity contribution in [3.05, 3.63) is 195 Å². The summed E-state index contributed by atoms with van der Waals surface area (Å²) < 4.78 is 0. The molecular weight excluding hydrogens is 693 g/mol. The van der Waals surface area contributed by atoms with Crippen LogP contribution in [-0.2, 0) is 0 Å². The molecule has 0 unspecified atom stereocenters. The van der Waals surface area contributed by atoms with Crippen molar-refractivity contribution < 1.29 is 0 Å². The van der Waals surface area contributed by atoms with E-state index in [0.717, 1.165) is 33.9 Å². The maximum absolute atomic E-state index is 5.09. The monoisotopic (exact) mass is 738 g/mol. The van der Waals surface area contributed by atoms with Crippen molar-refractivity contribution in [1.29, 1.82) is 0 Å². The SMILES string of the molecule is Cc1cc(C)c(C2=C3C(=Cc4cccc(-c5ccc(-c6ccccn6)nc5)c43)C(C)(C)C(c3ccc(-c4ccccn4)nc3)=C2c2c(C)cc(C)cc2C)c(C)c1. The van der Waals surface area contributed by atoms with Gasteiger partial charge >= 0.3 is 0 Å². The van der Waals surface area contributed by atoms with Gasteiger partial charge in [0.2, 0.25) is 0 Å². The fourth-order valence-electron chi connectivity index (χ4n) is 9.60. The molecule has 0 amide bonds. The van der Waals surface area contributed by atoms with Gasteiger partial charge in [-0.2, -0.15) is 0 Å². The highest BCUT2D eigenvalue weighted by Gasteiger charge is 2.45. The molecule has 2 aliphatic carbocycles. The summed E-state index contributed by atoms with van der Waals surface area (Å²) in [6.07, 6.45) is 10.2. The summed E-state index contributed by atoms with van der Waals surface area (Å²) in [7, 11) is 0. The van der Waals surface area contributed by atoms with Crippen LogP contribution in [0.4, 0.5) is 0 Å². The van der Waals surface area contributed by atoms with E-state index in [9.17, 15) is 0 Å². The normalized spacial score (nSPS) is 14.4. The van der Waals surface area contributed by atoms with Gasteiger partial charge in [0.05, 0.1) is 22.8 Å². The van der Waals surface area contributed by atoms with Gasteiger partial charge in [-0.1, -0.05) is 91.7 Å².